The number of aromatic amines is 1. The number of benzene rings is 2. The standard InChI is InChI=1S/C26H24BrN5O2/c27-18-5-3-14-7-16(2-1-15(14)8-18)25(33)31-10-19-20(11-31)22-13-32(12-21(19)22)26(34)17-4-6-23-24(9-17)29-30-28-23/h1-5,7-8,19-22H,6,9-13H2,(H,28,29,30)/t19-,20+,21+,22-. The van der Waals surface area contributed by atoms with Gasteiger partial charge in [-0.25, -0.2) is 0 Å². The van der Waals surface area contributed by atoms with E-state index < -0.39 is 0 Å². The van der Waals surface area contributed by atoms with Crippen molar-refractivity contribution >= 4 is 38.5 Å². The molecule has 4 atom stereocenters. The third-order valence-corrected chi connectivity index (χ3v) is 8.92. The van der Waals surface area contributed by atoms with Crippen LogP contribution in [0, 0.1) is 23.7 Å². The number of amides is 2. The van der Waals surface area contributed by atoms with Crippen LogP contribution in [0.1, 0.15) is 21.7 Å². The number of likely N-dealkylation sites (tertiary alicyclic amines) is 2. The SMILES string of the molecule is O=C(C1=CCc2n[nH]nc2C1)N1C[C@@H]2[C@H](C1)[C@H]1CN(C(=O)c3ccc4cc(Br)ccc4c3)C[C@@H]21. The van der Waals surface area contributed by atoms with Gasteiger partial charge in [-0.15, -0.1) is 0 Å². The Bertz CT molecular complexity index is 1360. The zero-order valence-corrected chi connectivity index (χ0v) is 20.2. The van der Waals surface area contributed by atoms with E-state index in [0.717, 1.165) is 63.9 Å². The van der Waals surface area contributed by atoms with Crippen LogP contribution in [-0.2, 0) is 17.6 Å². The topological polar surface area (TPSA) is 82.2 Å². The van der Waals surface area contributed by atoms with Crippen LogP contribution < -0.4 is 0 Å². The summed E-state index contributed by atoms with van der Waals surface area (Å²) in [4.78, 5) is 30.6. The highest BCUT2D eigenvalue weighted by molar-refractivity contribution is 9.10. The molecule has 8 heteroatoms. The van der Waals surface area contributed by atoms with Crippen molar-refractivity contribution in [1.29, 1.82) is 0 Å². The number of carbonyl (C=O) groups excluding carboxylic acids is 2. The lowest BCUT2D eigenvalue weighted by atomic mass is 9.60. The highest BCUT2D eigenvalue weighted by Gasteiger charge is 2.59. The summed E-state index contributed by atoms with van der Waals surface area (Å²) in [5.74, 6) is 2.30. The summed E-state index contributed by atoms with van der Waals surface area (Å²) in [6, 6.07) is 12.1. The smallest absolute Gasteiger partial charge is 0.253 e. The summed E-state index contributed by atoms with van der Waals surface area (Å²) in [6.45, 7) is 3.22. The minimum Gasteiger partial charge on any atom is -0.338 e. The second-order valence-corrected chi connectivity index (χ2v) is 11.0. The predicted molar refractivity (Wildman–Crippen MR) is 130 cm³/mol. The Morgan fingerprint density at radius 3 is 2.18 bits per heavy atom. The number of rotatable bonds is 2. The van der Waals surface area contributed by atoms with Crippen LogP contribution >= 0.6 is 15.9 Å². The van der Waals surface area contributed by atoms with E-state index in [4.69, 9.17) is 0 Å². The first-order valence-electron chi connectivity index (χ1n) is 11.9. The molecule has 0 bridgehead atoms. The number of hydrogen-bond acceptors (Lipinski definition) is 4. The molecular weight excluding hydrogens is 494 g/mol. The van der Waals surface area contributed by atoms with Gasteiger partial charge in [0.1, 0.15) is 0 Å². The number of carbonyl (C=O) groups is 2. The van der Waals surface area contributed by atoms with E-state index in [2.05, 4.69) is 37.4 Å². The molecule has 7 nitrogen and oxygen atoms in total. The van der Waals surface area contributed by atoms with Crippen molar-refractivity contribution in [3.8, 4) is 0 Å². The second-order valence-electron chi connectivity index (χ2n) is 10.1. The van der Waals surface area contributed by atoms with Crippen LogP contribution in [0.4, 0.5) is 0 Å². The molecule has 4 aliphatic rings. The lowest BCUT2D eigenvalue weighted by molar-refractivity contribution is -0.126. The van der Waals surface area contributed by atoms with Gasteiger partial charge >= 0.3 is 0 Å². The Morgan fingerprint density at radius 2 is 1.44 bits per heavy atom. The summed E-state index contributed by atoms with van der Waals surface area (Å²) in [5.41, 5.74) is 3.43. The Balaban J connectivity index is 1.02. The van der Waals surface area contributed by atoms with Crippen molar-refractivity contribution < 1.29 is 9.59 Å². The van der Waals surface area contributed by atoms with Gasteiger partial charge in [0, 0.05) is 54.6 Å². The van der Waals surface area contributed by atoms with E-state index in [1.54, 1.807) is 0 Å². The van der Waals surface area contributed by atoms with Gasteiger partial charge in [0.25, 0.3) is 5.91 Å². The number of nitrogens with zero attached hydrogens (tertiary/aromatic N) is 4. The van der Waals surface area contributed by atoms with Crippen molar-refractivity contribution in [1.82, 2.24) is 25.2 Å². The van der Waals surface area contributed by atoms with Crippen molar-refractivity contribution in [3.05, 3.63) is 69.5 Å². The van der Waals surface area contributed by atoms with Gasteiger partial charge in [-0.05, 0) is 58.7 Å². The molecule has 1 saturated carbocycles. The lowest BCUT2D eigenvalue weighted by Gasteiger charge is -2.42. The summed E-state index contributed by atoms with van der Waals surface area (Å²) in [6.07, 6.45) is 3.24. The predicted octanol–water partition coefficient (Wildman–Crippen LogP) is 3.22. The first kappa shape index (κ1) is 20.4. The maximum Gasteiger partial charge on any atom is 0.253 e. The molecule has 0 spiro atoms. The molecule has 34 heavy (non-hydrogen) atoms. The molecule has 3 heterocycles. The number of aromatic nitrogens is 3. The molecule has 2 aliphatic carbocycles. The summed E-state index contributed by atoms with van der Waals surface area (Å²) >= 11 is 3.51. The van der Waals surface area contributed by atoms with E-state index >= 15 is 0 Å². The number of nitrogens with one attached hydrogen (secondary N) is 1. The summed E-state index contributed by atoms with van der Waals surface area (Å²) in [7, 11) is 0. The molecule has 2 amide bonds. The normalized spacial score (nSPS) is 27.1. The maximum absolute atomic E-state index is 13.3. The third kappa shape index (κ3) is 3.07. The quantitative estimate of drug-likeness (QED) is 0.565. The van der Waals surface area contributed by atoms with E-state index in [1.165, 1.54) is 0 Å². The van der Waals surface area contributed by atoms with Crippen LogP contribution in [0.25, 0.3) is 10.8 Å². The fraction of sp³-hybridized carbons (Fsp3) is 0.385. The van der Waals surface area contributed by atoms with E-state index in [0.29, 0.717) is 36.5 Å². The highest BCUT2D eigenvalue weighted by atomic mass is 79.9. The molecule has 3 fully saturated rings. The maximum atomic E-state index is 13.3. The largest absolute Gasteiger partial charge is 0.338 e. The number of allylic oxidation sites excluding steroid dienone is 1. The average molecular weight is 518 g/mol. The first-order chi connectivity index (χ1) is 16.5. The van der Waals surface area contributed by atoms with E-state index in [9.17, 15) is 9.59 Å². The Morgan fingerprint density at radius 1 is 0.824 bits per heavy atom. The monoisotopic (exact) mass is 517 g/mol. The van der Waals surface area contributed by atoms with Crippen LogP contribution in [0.15, 0.2) is 52.5 Å². The average Bonchev–Trinajstić information content (AvgIpc) is 3.56. The van der Waals surface area contributed by atoms with Crippen molar-refractivity contribution in [2.24, 2.45) is 23.7 Å². The molecule has 1 N–H and O–H groups in total. The Labute approximate surface area is 205 Å². The van der Waals surface area contributed by atoms with E-state index in [-0.39, 0.29) is 11.8 Å². The third-order valence-electron chi connectivity index (χ3n) is 8.43. The molecule has 3 aromatic rings. The molecule has 2 aromatic carbocycles. The van der Waals surface area contributed by atoms with E-state index in [1.807, 2.05) is 46.2 Å². The molecule has 0 radical (unpaired) electrons. The molecule has 172 valence electrons. The number of H-pyrrole nitrogens is 1. The first-order valence-corrected chi connectivity index (χ1v) is 12.7. The number of hydrogen-bond donors (Lipinski definition) is 1. The van der Waals surface area contributed by atoms with Gasteiger partial charge in [-0.1, -0.05) is 34.1 Å². The molecular formula is C26H24BrN5O2. The van der Waals surface area contributed by atoms with Gasteiger partial charge in [0.15, 0.2) is 0 Å². The van der Waals surface area contributed by atoms with Gasteiger partial charge in [-0.2, -0.15) is 15.4 Å². The fourth-order valence-electron chi connectivity index (χ4n) is 6.66. The molecule has 7 rings (SSSR count). The van der Waals surface area contributed by atoms with Crippen LogP contribution in [0.3, 0.4) is 0 Å². The van der Waals surface area contributed by atoms with Crippen molar-refractivity contribution in [3.63, 3.8) is 0 Å². The van der Waals surface area contributed by atoms with Crippen molar-refractivity contribution in [2.45, 2.75) is 12.8 Å². The number of fused-ring (bicyclic) bond motifs is 6. The minimum absolute atomic E-state index is 0.126. The van der Waals surface area contributed by atoms with Crippen LogP contribution in [0.5, 0.6) is 0 Å². The van der Waals surface area contributed by atoms with Gasteiger partial charge in [0.2, 0.25) is 5.91 Å². The van der Waals surface area contributed by atoms with Gasteiger partial charge in [-0.3, -0.25) is 9.59 Å². The van der Waals surface area contributed by atoms with Crippen LogP contribution in [0.2, 0.25) is 0 Å². The summed E-state index contributed by atoms with van der Waals surface area (Å²) < 4.78 is 1.04. The highest BCUT2D eigenvalue weighted by Crippen LogP contribution is 2.54. The Hall–Kier alpha value is -3.00. The fourth-order valence-corrected chi connectivity index (χ4v) is 7.04. The second kappa shape index (κ2) is 7.50. The zero-order chi connectivity index (χ0) is 23.0. The van der Waals surface area contributed by atoms with Gasteiger partial charge in [0.05, 0.1) is 11.4 Å². The van der Waals surface area contributed by atoms with Crippen molar-refractivity contribution in [2.75, 3.05) is 26.2 Å². The summed E-state index contributed by atoms with van der Waals surface area (Å²) in [5, 5.41) is 13.2. The molecule has 0 unspecified atom stereocenters. The van der Waals surface area contributed by atoms with Crippen LogP contribution in [-0.4, -0.2) is 63.2 Å². The van der Waals surface area contributed by atoms with Gasteiger partial charge < -0.3 is 9.80 Å². The zero-order valence-electron chi connectivity index (χ0n) is 18.6. The Kier molecular flexibility index (Phi) is 4.50. The molecule has 2 saturated heterocycles. The molecule has 2 aliphatic heterocycles. The number of halogens is 1. The minimum atomic E-state index is 0.126. The lowest BCUT2D eigenvalue weighted by Crippen LogP contribution is -2.44. The molecule has 1 aromatic heterocycles.